The van der Waals surface area contributed by atoms with E-state index in [1.165, 1.54) is 11.5 Å². The largest absolute Gasteiger partial charge is 0.395 e. The number of nitrogens with two attached hydrogens (primary N) is 2. The standard InChI is InChI=1S/C4H7N3S/c1-2-3(5)4(6)7-8-2/h5H2,1H3,(H2,6,7). The molecule has 0 fully saturated rings. The fourth-order valence-corrected chi connectivity index (χ4v) is 0.933. The molecule has 0 aliphatic rings. The van der Waals surface area contributed by atoms with Gasteiger partial charge in [0.05, 0.1) is 5.69 Å². The van der Waals surface area contributed by atoms with E-state index in [0.717, 1.165) is 4.88 Å². The Morgan fingerprint density at radius 1 is 1.50 bits per heavy atom. The molecule has 0 radical (unpaired) electrons. The van der Waals surface area contributed by atoms with Gasteiger partial charge in [-0.15, -0.1) is 0 Å². The Bertz CT molecular complexity index is 174. The monoisotopic (exact) mass is 129 g/mol. The van der Waals surface area contributed by atoms with Crippen molar-refractivity contribution in [1.29, 1.82) is 0 Å². The molecular formula is C4H7N3S. The molecule has 1 heterocycles. The molecule has 0 aliphatic heterocycles. The van der Waals surface area contributed by atoms with Crippen molar-refractivity contribution in [3.63, 3.8) is 0 Å². The average Bonchev–Trinajstić information content (AvgIpc) is 1.98. The molecule has 0 amide bonds. The van der Waals surface area contributed by atoms with Gasteiger partial charge in [0.1, 0.15) is 0 Å². The van der Waals surface area contributed by atoms with Crippen LogP contribution in [-0.4, -0.2) is 4.37 Å². The lowest BCUT2D eigenvalue weighted by atomic mass is 10.4. The highest BCUT2D eigenvalue weighted by Gasteiger charge is 1.99. The smallest absolute Gasteiger partial charge is 0.160 e. The summed E-state index contributed by atoms with van der Waals surface area (Å²) in [6, 6.07) is 0. The SMILES string of the molecule is Cc1snc(N)c1N. The summed E-state index contributed by atoms with van der Waals surface area (Å²) in [5, 5.41) is 0. The van der Waals surface area contributed by atoms with Gasteiger partial charge in [-0.3, -0.25) is 0 Å². The van der Waals surface area contributed by atoms with E-state index in [9.17, 15) is 0 Å². The van der Waals surface area contributed by atoms with E-state index in [-0.39, 0.29) is 0 Å². The number of nitrogens with zero attached hydrogens (tertiary/aromatic N) is 1. The van der Waals surface area contributed by atoms with Crippen LogP contribution in [0.5, 0.6) is 0 Å². The maximum absolute atomic E-state index is 5.42. The van der Waals surface area contributed by atoms with Gasteiger partial charge in [0.25, 0.3) is 0 Å². The molecule has 3 nitrogen and oxygen atoms in total. The molecule has 0 saturated carbocycles. The van der Waals surface area contributed by atoms with Crippen molar-refractivity contribution >= 4 is 23.0 Å². The van der Waals surface area contributed by atoms with Gasteiger partial charge in [0, 0.05) is 4.88 Å². The number of rotatable bonds is 0. The molecule has 8 heavy (non-hydrogen) atoms. The third-order valence-corrected chi connectivity index (χ3v) is 1.72. The van der Waals surface area contributed by atoms with Crippen LogP contribution < -0.4 is 11.5 Å². The number of aryl methyl sites for hydroxylation is 1. The molecule has 0 atom stereocenters. The van der Waals surface area contributed by atoms with Crippen LogP contribution in [0.4, 0.5) is 11.5 Å². The molecule has 0 spiro atoms. The Morgan fingerprint density at radius 2 is 2.12 bits per heavy atom. The summed E-state index contributed by atoms with van der Waals surface area (Å²) in [6.45, 7) is 1.89. The third kappa shape index (κ3) is 0.626. The van der Waals surface area contributed by atoms with Gasteiger partial charge >= 0.3 is 0 Å². The normalized spacial score (nSPS) is 9.62. The van der Waals surface area contributed by atoms with Crippen LogP contribution in [0.2, 0.25) is 0 Å². The van der Waals surface area contributed by atoms with E-state index >= 15 is 0 Å². The second-order valence-corrected chi connectivity index (χ2v) is 2.52. The summed E-state index contributed by atoms with van der Waals surface area (Å²) in [7, 11) is 0. The van der Waals surface area contributed by atoms with Crippen LogP contribution in [0.15, 0.2) is 0 Å². The quantitative estimate of drug-likeness (QED) is 0.539. The van der Waals surface area contributed by atoms with Crippen molar-refractivity contribution in [2.24, 2.45) is 0 Å². The Balaban J connectivity index is 3.19. The number of anilines is 2. The molecule has 1 aromatic rings. The van der Waals surface area contributed by atoms with Crippen LogP contribution >= 0.6 is 11.5 Å². The third-order valence-electron chi connectivity index (χ3n) is 0.936. The lowest BCUT2D eigenvalue weighted by molar-refractivity contribution is 1.55. The van der Waals surface area contributed by atoms with E-state index < -0.39 is 0 Å². The summed E-state index contributed by atoms with van der Waals surface area (Å²) in [5.74, 6) is 0.451. The molecule has 0 saturated heterocycles. The van der Waals surface area contributed by atoms with E-state index in [1.54, 1.807) is 0 Å². The van der Waals surface area contributed by atoms with E-state index in [4.69, 9.17) is 11.5 Å². The molecule has 1 aromatic heterocycles. The zero-order valence-corrected chi connectivity index (χ0v) is 5.33. The van der Waals surface area contributed by atoms with Gasteiger partial charge in [-0.1, -0.05) is 0 Å². The molecular weight excluding hydrogens is 122 g/mol. The van der Waals surface area contributed by atoms with Crippen LogP contribution in [0.25, 0.3) is 0 Å². The molecule has 0 aliphatic carbocycles. The lowest BCUT2D eigenvalue weighted by Gasteiger charge is -1.84. The Kier molecular flexibility index (Phi) is 1.09. The van der Waals surface area contributed by atoms with Crippen LogP contribution in [0.1, 0.15) is 4.88 Å². The number of hydrogen-bond donors (Lipinski definition) is 2. The van der Waals surface area contributed by atoms with Crippen molar-refractivity contribution in [1.82, 2.24) is 4.37 Å². The number of aromatic nitrogens is 1. The van der Waals surface area contributed by atoms with E-state index in [2.05, 4.69) is 4.37 Å². The molecule has 1 rings (SSSR count). The van der Waals surface area contributed by atoms with Gasteiger partial charge in [-0.05, 0) is 18.5 Å². The first kappa shape index (κ1) is 5.37. The summed E-state index contributed by atoms with van der Waals surface area (Å²) in [4.78, 5) is 0.988. The van der Waals surface area contributed by atoms with Crippen molar-refractivity contribution in [2.75, 3.05) is 11.5 Å². The van der Waals surface area contributed by atoms with Gasteiger partial charge < -0.3 is 11.5 Å². The molecule has 44 valence electrons. The Labute approximate surface area is 51.5 Å². The highest BCUT2D eigenvalue weighted by Crippen LogP contribution is 2.20. The Morgan fingerprint density at radius 3 is 2.25 bits per heavy atom. The summed E-state index contributed by atoms with van der Waals surface area (Å²) in [5.41, 5.74) is 11.4. The van der Waals surface area contributed by atoms with E-state index in [1.807, 2.05) is 6.92 Å². The topological polar surface area (TPSA) is 64.9 Å². The fraction of sp³-hybridized carbons (Fsp3) is 0.250. The molecule has 0 bridgehead atoms. The fourth-order valence-electron chi connectivity index (χ4n) is 0.396. The predicted molar refractivity (Wildman–Crippen MR) is 35.7 cm³/mol. The first-order valence-electron chi connectivity index (χ1n) is 2.19. The maximum Gasteiger partial charge on any atom is 0.160 e. The van der Waals surface area contributed by atoms with Crippen LogP contribution in [0, 0.1) is 6.92 Å². The summed E-state index contributed by atoms with van der Waals surface area (Å²) < 4.78 is 3.81. The van der Waals surface area contributed by atoms with Crippen molar-refractivity contribution in [3.05, 3.63) is 4.88 Å². The molecule has 0 unspecified atom stereocenters. The summed E-state index contributed by atoms with van der Waals surface area (Å²) in [6.07, 6.45) is 0. The number of hydrogen-bond acceptors (Lipinski definition) is 4. The molecule has 4 N–H and O–H groups in total. The zero-order chi connectivity index (χ0) is 6.15. The molecule has 0 aromatic carbocycles. The van der Waals surface area contributed by atoms with Crippen LogP contribution in [-0.2, 0) is 0 Å². The maximum atomic E-state index is 5.42. The van der Waals surface area contributed by atoms with Gasteiger partial charge in [-0.25, -0.2) is 0 Å². The highest BCUT2D eigenvalue weighted by molar-refractivity contribution is 7.06. The van der Waals surface area contributed by atoms with Crippen LogP contribution in [0.3, 0.4) is 0 Å². The van der Waals surface area contributed by atoms with E-state index in [0.29, 0.717) is 11.5 Å². The second kappa shape index (κ2) is 1.63. The van der Waals surface area contributed by atoms with Gasteiger partial charge in [0.2, 0.25) is 0 Å². The highest BCUT2D eigenvalue weighted by atomic mass is 32.1. The lowest BCUT2D eigenvalue weighted by Crippen LogP contribution is -1.91. The minimum absolute atomic E-state index is 0.451. The minimum atomic E-state index is 0.451. The number of nitrogen functional groups attached to an aromatic ring is 2. The second-order valence-electron chi connectivity index (χ2n) is 1.54. The van der Waals surface area contributed by atoms with Crippen molar-refractivity contribution in [3.8, 4) is 0 Å². The minimum Gasteiger partial charge on any atom is -0.395 e. The zero-order valence-electron chi connectivity index (χ0n) is 4.51. The Hall–Kier alpha value is -0.770. The first-order valence-corrected chi connectivity index (χ1v) is 2.96. The molecule has 4 heteroatoms. The first-order chi connectivity index (χ1) is 3.72. The van der Waals surface area contributed by atoms with Gasteiger partial charge in [0.15, 0.2) is 5.82 Å². The predicted octanol–water partition coefficient (Wildman–Crippen LogP) is 0.616. The average molecular weight is 129 g/mol. The van der Waals surface area contributed by atoms with Gasteiger partial charge in [-0.2, -0.15) is 4.37 Å². The summed E-state index contributed by atoms with van der Waals surface area (Å²) >= 11 is 1.33. The van der Waals surface area contributed by atoms with Crippen molar-refractivity contribution in [2.45, 2.75) is 6.92 Å². The van der Waals surface area contributed by atoms with Crippen molar-refractivity contribution < 1.29 is 0 Å².